The van der Waals surface area contributed by atoms with Crippen molar-refractivity contribution in [2.75, 3.05) is 13.1 Å². The molecule has 0 fully saturated rings. The van der Waals surface area contributed by atoms with Gasteiger partial charge in [-0.1, -0.05) is 35.9 Å². The van der Waals surface area contributed by atoms with Crippen molar-refractivity contribution in [1.82, 2.24) is 20.6 Å². The number of nitrogens with one attached hydrogen (secondary N) is 3. The Bertz CT molecular complexity index is 861. The summed E-state index contributed by atoms with van der Waals surface area (Å²) in [6.07, 6.45) is 0.822. The van der Waals surface area contributed by atoms with Gasteiger partial charge in [-0.2, -0.15) is 0 Å². The number of aromatic amines is 1. The number of imidazole rings is 1. The second-order valence-electron chi connectivity index (χ2n) is 6.50. The minimum absolute atomic E-state index is 0.673. The lowest BCUT2D eigenvalue weighted by Gasteiger charge is -2.11. The fraction of sp³-hybridized carbons (Fsp3) is 0.333. The van der Waals surface area contributed by atoms with E-state index in [9.17, 15) is 0 Å². The molecule has 5 heteroatoms. The molecule has 5 nitrogen and oxygen atoms in total. The number of aliphatic imine (C=N–C) groups is 1. The zero-order valence-corrected chi connectivity index (χ0v) is 15.8. The molecule has 0 radical (unpaired) electrons. The van der Waals surface area contributed by atoms with Gasteiger partial charge in [0.15, 0.2) is 5.96 Å². The van der Waals surface area contributed by atoms with Crippen LogP contribution in [0.2, 0.25) is 0 Å². The largest absolute Gasteiger partial charge is 0.357 e. The molecule has 0 amide bonds. The highest BCUT2D eigenvalue weighted by atomic mass is 15.2. The maximum Gasteiger partial charge on any atom is 0.191 e. The lowest BCUT2D eigenvalue weighted by Crippen LogP contribution is -2.38. The standard InChI is InChI=1S/C21H27N5/c1-4-22-21(24-14-17-10-9-15(2)13-16(17)3)23-12-11-20-25-18-7-5-6-8-19(18)26-20/h5-10,13H,4,11-12,14H2,1-3H3,(H,25,26)(H2,22,23,24). The summed E-state index contributed by atoms with van der Waals surface area (Å²) in [4.78, 5) is 12.7. The molecule has 0 saturated carbocycles. The van der Waals surface area contributed by atoms with Gasteiger partial charge in [0.2, 0.25) is 0 Å². The Balaban J connectivity index is 1.58. The van der Waals surface area contributed by atoms with Crippen LogP contribution in [0.25, 0.3) is 11.0 Å². The minimum Gasteiger partial charge on any atom is -0.357 e. The lowest BCUT2D eigenvalue weighted by atomic mass is 10.1. The summed E-state index contributed by atoms with van der Waals surface area (Å²) in [5, 5.41) is 6.70. The second kappa shape index (κ2) is 8.52. The predicted molar refractivity (Wildman–Crippen MR) is 109 cm³/mol. The zero-order chi connectivity index (χ0) is 18.4. The molecule has 3 rings (SSSR count). The van der Waals surface area contributed by atoms with Crippen LogP contribution in [0.1, 0.15) is 29.4 Å². The molecule has 0 aliphatic heterocycles. The number of rotatable bonds is 6. The predicted octanol–water partition coefficient (Wildman–Crippen LogP) is 3.48. The van der Waals surface area contributed by atoms with Gasteiger partial charge in [-0.15, -0.1) is 0 Å². The highest BCUT2D eigenvalue weighted by molar-refractivity contribution is 5.79. The molecule has 0 aliphatic carbocycles. The number of guanidine groups is 1. The van der Waals surface area contributed by atoms with Crippen molar-refractivity contribution < 1.29 is 0 Å². The molecule has 0 atom stereocenters. The van der Waals surface area contributed by atoms with Crippen LogP contribution in [0, 0.1) is 13.8 Å². The fourth-order valence-electron chi connectivity index (χ4n) is 2.95. The van der Waals surface area contributed by atoms with E-state index in [0.29, 0.717) is 6.54 Å². The van der Waals surface area contributed by atoms with Gasteiger partial charge in [-0.05, 0) is 44.0 Å². The molecule has 3 N–H and O–H groups in total. The number of aryl methyl sites for hydroxylation is 2. The van der Waals surface area contributed by atoms with Crippen molar-refractivity contribution in [3.05, 3.63) is 65.0 Å². The molecule has 0 spiro atoms. The first-order valence-corrected chi connectivity index (χ1v) is 9.17. The van der Waals surface area contributed by atoms with Gasteiger partial charge in [0.05, 0.1) is 17.6 Å². The number of para-hydroxylation sites is 2. The van der Waals surface area contributed by atoms with Gasteiger partial charge >= 0.3 is 0 Å². The van der Waals surface area contributed by atoms with E-state index in [0.717, 1.165) is 42.3 Å². The summed E-state index contributed by atoms with van der Waals surface area (Å²) < 4.78 is 0. The van der Waals surface area contributed by atoms with E-state index >= 15 is 0 Å². The SMILES string of the molecule is CCNC(=NCc1ccc(C)cc1C)NCCc1nc2ccccc2[nH]1. The molecule has 26 heavy (non-hydrogen) atoms. The quantitative estimate of drug-likeness (QED) is 0.471. The van der Waals surface area contributed by atoms with Crippen LogP contribution in [0.15, 0.2) is 47.5 Å². The maximum atomic E-state index is 4.71. The Morgan fingerprint density at radius 1 is 1.12 bits per heavy atom. The third kappa shape index (κ3) is 4.63. The summed E-state index contributed by atoms with van der Waals surface area (Å²) >= 11 is 0. The van der Waals surface area contributed by atoms with Crippen LogP contribution in [-0.4, -0.2) is 29.0 Å². The first-order valence-electron chi connectivity index (χ1n) is 9.17. The van der Waals surface area contributed by atoms with Crippen molar-refractivity contribution in [2.45, 2.75) is 33.7 Å². The molecule has 0 bridgehead atoms. The van der Waals surface area contributed by atoms with Crippen molar-refractivity contribution in [3.8, 4) is 0 Å². The number of H-pyrrole nitrogens is 1. The van der Waals surface area contributed by atoms with Crippen LogP contribution in [-0.2, 0) is 13.0 Å². The lowest BCUT2D eigenvalue weighted by molar-refractivity contribution is 0.780. The summed E-state index contributed by atoms with van der Waals surface area (Å²) in [7, 11) is 0. The van der Waals surface area contributed by atoms with Gasteiger partial charge in [-0.3, -0.25) is 0 Å². The van der Waals surface area contributed by atoms with E-state index in [4.69, 9.17) is 4.99 Å². The van der Waals surface area contributed by atoms with Gasteiger partial charge in [-0.25, -0.2) is 9.98 Å². The average Bonchev–Trinajstić information content (AvgIpc) is 3.03. The Hall–Kier alpha value is -2.82. The first kappa shape index (κ1) is 18.0. The van der Waals surface area contributed by atoms with Crippen LogP contribution in [0.4, 0.5) is 0 Å². The molecule has 0 unspecified atom stereocenters. The first-order chi connectivity index (χ1) is 12.7. The molecule has 0 aliphatic rings. The second-order valence-corrected chi connectivity index (χ2v) is 6.50. The molecule has 1 heterocycles. The average molecular weight is 349 g/mol. The third-order valence-electron chi connectivity index (χ3n) is 4.34. The zero-order valence-electron chi connectivity index (χ0n) is 15.8. The van der Waals surface area contributed by atoms with Crippen LogP contribution >= 0.6 is 0 Å². The summed E-state index contributed by atoms with van der Waals surface area (Å²) in [6.45, 7) is 8.62. The summed E-state index contributed by atoms with van der Waals surface area (Å²) in [5.41, 5.74) is 5.92. The molecular weight excluding hydrogens is 322 g/mol. The number of hydrogen-bond donors (Lipinski definition) is 3. The van der Waals surface area contributed by atoms with Gasteiger partial charge in [0.25, 0.3) is 0 Å². The Morgan fingerprint density at radius 2 is 1.96 bits per heavy atom. The van der Waals surface area contributed by atoms with Crippen molar-refractivity contribution in [2.24, 2.45) is 4.99 Å². The highest BCUT2D eigenvalue weighted by Crippen LogP contribution is 2.12. The minimum atomic E-state index is 0.673. The molecule has 0 saturated heterocycles. The molecular formula is C21H27N5. The van der Waals surface area contributed by atoms with E-state index in [1.807, 2.05) is 18.2 Å². The van der Waals surface area contributed by atoms with E-state index < -0.39 is 0 Å². The molecule has 3 aromatic rings. The van der Waals surface area contributed by atoms with Crippen LogP contribution in [0.3, 0.4) is 0 Å². The van der Waals surface area contributed by atoms with Gasteiger partial charge < -0.3 is 15.6 Å². The fourth-order valence-corrected chi connectivity index (χ4v) is 2.95. The van der Waals surface area contributed by atoms with Crippen molar-refractivity contribution in [1.29, 1.82) is 0 Å². The number of hydrogen-bond acceptors (Lipinski definition) is 2. The van der Waals surface area contributed by atoms with Gasteiger partial charge in [0, 0.05) is 19.5 Å². The summed E-state index contributed by atoms with van der Waals surface area (Å²) in [6, 6.07) is 14.6. The Morgan fingerprint density at radius 3 is 2.73 bits per heavy atom. The monoisotopic (exact) mass is 349 g/mol. The number of nitrogens with zero attached hydrogens (tertiary/aromatic N) is 2. The molecule has 2 aromatic carbocycles. The van der Waals surface area contributed by atoms with E-state index in [2.05, 4.69) is 65.6 Å². The smallest absolute Gasteiger partial charge is 0.191 e. The molecule has 136 valence electrons. The highest BCUT2D eigenvalue weighted by Gasteiger charge is 2.04. The van der Waals surface area contributed by atoms with Crippen LogP contribution < -0.4 is 10.6 Å². The van der Waals surface area contributed by atoms with E-state index in [1.54, 1.807) is 0 Å². The third-order valence-corrected chi connectivity index (χ3v) is 4.34. The topological polar surface area (TPSA) is 65.1 Å². The number of fused-ring (bicyclic) bond motifs is 1. The van der Waals surface area contributed by atoms with Crippen molar-refractivity contribution >= 4 is 17.0 Å². The van der Waals surface area contributed by atoms with Gasteiger partial charge in [0.1, 0.15) is 5.82 Å². The summed E-state index contributed by atoms with van der Waals surface area (Å²) in [5.74, 6) is 1.83. The van der Waals surface area contributed by atoms with E-state index in [1.165, 1.54) is 16.7 Å². The number of benzene rings is 2. The van der Waals surface area contributed by atoms with Crippen LogP contribution in [0.5, 0.6) is 0 Å². The number of aromatic nitrogens is 2. The Labute approximate surface area is 155 Å². The Kier molecular flexibility index (Phi) is 5.89. The molecule has 1 aromatic heterocycles. The van der Waals surface area contributed by atoms with E-state index in [-0.39, 0.29) is 0 Å². The maximum absolute atomic E-state index is 4.71. The van der Waals surface area contributed by atoms with Crippen molar-refractivity contribution in [3.63, 3.8) is 0 Å². The normalized spacial score (nSPS) is 11.7.